The van der Waals surface area contributed by atoms with Crippen LogP contribution >= 0.6 is 46.1 Å². The molecule has 3 rings (SSSR count). The number of benzene rings is 1. The van der Waals surface area contributed by atoms with E-state index >= 15 is 0 Å². The number of nitrogens with one attached hydrogen (secondary N) is 2. The van der Waals surface area contributed by atoms with Crippen molar-refractivity contribution in [2.45, 2.75) is 32.1 Å². The molecule has 1 aliphatic rings. The van der Waals surface area contributed by atoms with E-state index in [0.717, 1.165) is 41.2 Å². The summed E-state index contributed by atoms with van der Waals surface area (Å²) in [6, 6.07) is 7.23. The van der Waals surface area contributed by atoms with Gasteiger partial charge in [0.2, 0.25) is 0 Å². The molecule has 1 heterocycles. The number of anilines is 1. The lowest BCUT2D eigenvalue weighted by molar-refractivity contribution is 0.0975. The van der Waals surface area contributed by atoms with E-state index in [1.807, 2.05) is 12.1 Å². The molecule has 26 heavy (non-hydrogen) atoms. The number of amides is 2. The van der Waals surface area contributed by atoms with Gasteiger partial charge in [-0.2, -0.15) is 0 Å². The first-order valence-electron chi connectivity index (χ1n) is 8.28. The zero-order chi connectivity index (χ0) is 18.7. The standard InChI is InChI=1S/C18H18IN3O2S2/c19-11-6-4-5-10(9-11)16(24)21-18(25)22-17-14(15(20)23)12-7-2-1-3-8-13(12)26-17/h4-6,9H,1-3,7-8H2,(H2,20,23)(H2,21,22,24,25). The quantitative estimate of drug-likeness (QED) is 0.341. The molecule has 0 atom stereocenters. The number of thiophene rings is 1. The van der Waals surface area contributed by atoms with Crippen LogP contribution in [0.3, 0.4) is 0 Å². The summed E-state index contributed by atoms with van der Waals surface area (Å²) in [5.74, 6) is -0.751. The topological polar surface area (TPSA) is 84.2 Å². The Balaban J connectivity index is 1.77. The Morgan fingerprint density at radius 2 is 1.96 bits per heavy atom. The fraction of sp³-hybridized carbons (Fsp3) is 0.278. The van der Waals surface area contributed by atoms with Crippen LogP contribution in [0.2, 0.25) is 0 Å². The Bertz CT molecular complexity index is 879. The predicted molar refractivity (Wildman–Crippen MR) is 117 cm³/mol. The maximum Gasteiger partial charge on any atom is 0.257 e. The number of carbonyl (C=O) groups is 2. The summed E-state index contributed by atoms with van der Waals surface area (Å²) in [6.45, 7) is 0. The Labute approximate surface area is 174 Å². The van der Waals surface area contributed by atoms with E-state index in [2.05, 4.69) is 33.2 Å². The van der Waals surface area contributed by atoms with Gasteiger partial charge >= 0.3 is 0 Å². The van der Waals surface area contributed by atoms with Crippen LogP contribution in [0, 0.1) is 3.57 Å². The van der Waals surface area contributed by atoms with Crippen molar-refractivity contribution in [1.29, 1.82) is 0 Å². The van der Waals surface area contributed by atoms with Crippen molar-refractivity contribution in [2.24, 2.45) is 5.73 Å². The summed E-state index contributed by atoms with van der Waals surface area (Å²) in [5.41, 5.74) is 7.69. The second-order valence-corrected chi connectivity index (χ2v) is 8.81. The number of thiocarbonyl (C=S) groups is 1. The highest BCUT2D eigenvalue weighted by molar-refractivity contribution is 14.1. The number of primary amides is 1. The summed E-state index contributed by atoms with van der Waals surface area (Å²) < 4.78 is 0.965. The number of aryl methyl sites for hydroxylation is 1. The molecule has 0 spiro atoms. The fourth-order valence-electron chi connectivity index (χ4n) is 3.03. The summed E-state index contributed by atoms with van der Waals surface area (Å²) in [4.78, 5) is 25.5. The first-order valence-corrected chi connectivity index (χ1v) is 10.6. The van der Waals surface area contributed by atoms with Crippen molar-refractivity contribution in [3.05, 3.63) is 49.4 Å². The van der Waals surface area contributed by atoms with E-state index < -0.39 is 5.91 Å². The molecule has 0 fully saturated rings. The van der Waals surface area contributed by atoms with Crippen molar-refractivity contribution in [2.75, 3.05) is 5.32 Å². The molecule has 0 saturated carbocycles. The highest BCUT2D eigenvalue weighted by Crippen LogP contribution is 2.37. The van der Waals surface area contributed by atoms with Crippen LogP contribution in [-0.4, -0.2) is 16.9 Å². The molecule has 0 unspecified atom stereocenters. The van der Waals surface area contributed by atoms with Crippen molar-refractivity contribution in [1.82, 2.24) is 5.32 Å². The molecule has 136 valence electrons. The normalized spacial score (nSPS) is 13.4. The molecule has 1 aromatic heterocycles. The van der Waals surface area contributed by atoms with Crippen molar-refractivity contribution in [3.8, 4) is 0 Å². The van der Waals surface area contributed by atoms with Crippen molar-refractivity contribution < 1.29 is 9.59 Å². The summed E-state index contributed by atoms with van der Waals surface area (Å²) in [7, 11) is 0. The van der Waals surface area contributed by atoms with E-state index in [1.54, 1.807) is 12.1 Å². The van der Waals surface area contributed by atoms with Gasteiger partial charge in [-0.25, -0.2) is 0 Å². The number of nitrogens with two attached hydrogens (primary N) is 1. The number of fused-ring (bicyclic) bond motifs is 1. The molecule has 5 nitrogen and oxygen atoms in total. The number of carbonyl (C=O) groups excluding carboxylic acids is 2. The van der Waals surface area contributed by atoms with Crippen LogP contribution < -0.4 is 16.4 Å². The number of halogens is 1. The molecule has 4 N–H and O–H groups in total. The minimum Gasteiger partial charge on any atom is -0.365 e. The molecule has 8 heteroatoms. The Kier molecular flexibility index (Phi) is 6.25. The van der Waals surface area contributed by atoms with Gasteiger partial charge < -0.3 is 11.1 Å². The summed E-state index contributed by atoms with van der Waals surface area (Å²) in [6.07, 6.45) is 5.12. The third-order valence-electron chi connectivity index (χ3n) is 4.21. The summed E-state index contributed by atoms with van der Waals surface area (Å²) in [5, 5.41) is 6.45. The van der Waals surface area contributed by atoms with Crippen LogP contribution in [0.1, 0.15) is 50.4 Å². The minimum atomic E-state index is -0.460. The largest absolute Gasteiger partial charge is 0.365 e. The Hall–Kier alpha value is -1.52. The van der Waals surface area contributed by atoms with Gasteiger partial charge in [0.05, 0.1) is 5.56 Å². The van der Waals surface area contributed by atoms with Gasteiger partial charge in [-0.3, -0.25) is 14.9 Å². The monoisotopic (exact) mass is 499 g/mol. The van der Waals surface area contributed by atoms with Crippen LogP contribution in [0.5, 0.6) is 0 Å². The number of rotatable bonds is 3. The zero-order valence-electron chi connectivity index (χ0n) is 13.9. The van der Waals surface area contributed by atoms with Crippen LogP contribution in [0.4, 0.5) is 5.00 Å². The first kappa shape index (κ1) is 19.2. The van der Waals surface area contributed by atoms with Gasteiger partial charge in [-0.15, -0.1) is 11.3 Å². The SMILES string of the molecule is NC(=O)c1c(NC(=S)NC(=O)c2cccc(I)c2)sc2c1CCCCC2. The van der Waals surface area contributed by atoms with Gasteiger partial charge in [0.1, 0.15) is 5.00 Å². The Morgan fingerprint density at radius 3 is 2.69 bits per heavy atom. The third-order valence-corrected chi connectivity index (χ3v) is 6.29. The molecule has 0 aliphatic heterocycles. The first-order chi connectivity index (χ1) is 12.5. The van der Waals surface area contributed by atoms with Gasteiger partial charge in [0.15, 0.2) is 5.11 Å². The maximum atomic E-state index is 12.3. The molecule has 2 aromatic rings. The lowest BCUT2D eigenvalue weighted by atomic mass is 10.1. The molecule has 0 bridgehead atoms. The molecule has 1 aliphatic carbocycles. The third kappa shape index (κ3) is 4.41. The zero-order valence-corrected chi connectivity index (χ0v) is 17.7. The highest BCUT2D eigenvalue weighted by atomic mass is 127. The maximum absolute atomic E-state index is 12.3. The van der Waals surface area contributed by atoms with E-state index in [1.165, 1.54) is 16.2 Å². The highest BCUT2D eigenvalue weighted by Gasteiger charge is 2.24. The molecule has 1 aromatic carbocycles. The number of hydrogen-bond acceptors (Lipinski definition) is 4. The van der Waals surface area contributed by atoms with Crippen LogP contribution in [0.15, 0.2) is 24.3 Å². The lowest BCUT2D eigenvalue weighted by Gasteiger charge is -2.10. The molecular weight excluding hydrogens is 481 g/mol. The van der Waals surface area contributed by atoms with E-state index in [0.29, 0.717) is 16.1 Å². The Morgan fingerprint density at radius 1 is 1.19 bits per heavy atom. The van der Waals surface area contributed by atoms with Gasteiger partial charge in [-0.05, 0) is 84.3 Å². The van der Waals surface area contributed by atoms with Crippen molar-refractivity contribution in [3.63, 3.8) is 0 Å². The molecule has 2 amide bonds. The fourth-order valence-corrected chi connectivity index (χ4v) is 5.13. The summed E-state index contributed by atoms with van der Waals surface area (Å²) >= 11 is 8.92. The van der Waals surface area contributed by atoms with Gasteiger partial charge in [-0.1, -0.05) is 12.5 Å². The molecule has 0 radical (unpaired) electrons. The smallest absolute Gasteiger partial charge is 0.257 e. The number of hydrogen-bond donors (Lipinski definition) is 3. The second kappa shape index (κ2) is 8.45. The van der Waals surface area contributed by atoms with Gasteiger partial charge in [0, 0.05) is 14.0 Å². The second-order valence-electron chi connectivity index (χ2n) is 6.05. The van der Waals surface area contributed by atoms with E-state index in [4.69, 9.17) is 18.0 Å². The van der Waals surface area contributed by atoms with Crippen molar-refractivity contribution >= 4 is 68.1 Å². The van der Waals surface area contributed by atoms with Crippen LogP contribution in [-0.2, 0) is 12.8 Å². The molecule has 0 saturated heterocycles. The van der Waals surface area contributed by atoms with E-state index in [9.17, 15) is 9.59 Å². The lowest BCUT2D eigenvalue weighted by Crippen LogP contribution is -2.34. The predicted octanol–water partition coefficient (Wildman–Crippen LogP) is 3.85. The minimum absolute atomic E-state index is 0.160. The molecular formula is C18H18IN3O2S2. The van der Waals surface area contributed by atoms with Gasteiger partial charge in [0.25, 0.3) is 11.8 Å². The average molecular weight is 499 g/mol. The van der Waals surface area contributed by atoms with E-state index in [-0.39, 0.29) is 11.0 Å². The van der Waals surface area contributed by atoms with Crippen LogP contribution in [0.25, 0.3) is 0 Å². The average Bonchev–Trinajstić information content (AvgIpc) is 2.76.